The minimum Gasteiger partial charge on any atom is -0.495 e. The van der Waals surface area contributed by atoms with E-state index in [9.17, 15) is 52.7 Å². The van der Waals surface area contributed by atoms with Gasteiger partial charge in [0.2, 0.25) is 16.8 Å². The maximum Gasteiger partial charge on any atom is 0.242 e. The lowest BCUT2D eigenvalue weighted by molar-refractivity contribution is -0.683. The first kappa shape index (κ1) is 43.3. The van der Waals surface area contributed by atoms with E-state index in [1.54, 1.807) is 6.20 Å². The molecule has 0 radical (unpaired) electrons. The van der Waals surface area contributed by atoms with Gasteiger partial charge in [-0.1, -0.05) is 30.3 Å². The Bertz CT molecular complexity index is 2240. The molecule has 0 saturated heterocycles. The highest BCUT2D eigenvalue weighted by molar-refractivity contribution is 7.20. The monoisotopic (exact) mass is 871 g/mol. The Hall–Kier alpha value is -5.81. The molecular weight excluding hydrogens is 861 g/mol. The number of nitrogens with zero attached hydrogens (tertiary/aromatic N) is 1. The lowest BCUT2D eigenvalue weighted by atomic mass is 9.12. The number of hydrogen-bond acceptors (Lipinski definition) is 2. The van der Waals surface area contributed by atoms with Crippen LogP contribution in [0.15, 0.2) is 42.0 Å². The number of aromatic hydroxyl groups is 1. The van der Waals surface area contributed by atoms with Gasteiger partial charge in [0.05, 0.1) is 0 Å². The van der Waals surface area contributed by atoms with Crippen LogP contribution in [0.1, 0.15) is 5.56 Å². The Morgan fingerprint density at radius 2 is 0.621 bits per heavy atom. The summed E-state index contributed by atoms with van der Waals surface area (Å²) in [6.07, 6.45) is -5.48. The molecule has 6 rings (SSSR count). The van der Waals surface area contributed by atoms with E-state index in [2.05, 4.69) is 12.1 Å². The molecule has 0 aliphatic heterocycles. The Morgan fingerprint density at radius 1 is 0.379 bits per heavy atom. The number of halogens is 20. The molecule has 0 aliphatic carbocycles. The van der Waals surface area contributed by atoms with Crippen LogP contribution in [0.5, 0.6) is 5.06 Å². The van der Waals surface area contributed by atoms with Crippen LogP contribution in [0.4, 0.5) is 87.8 Å². The normalized spacial score (nSPS) is 11.6. The van der Waals surface area contributed by atoms with Gasteiger partial charge in [-0.15, -0.1) is 21.9 Å². The second-order valence-corrected chi connectivity index (χ2v) is 12.5. The number of benzene rings is 5. The van der Waals surface area contributed by atoms with Crippen LogP contribution in [-0.2, 0) is 6.54 Å². The zero-order chi connectivity index (χ0) is 43.5. The van der Waals surface area contributed by atoms with E-state index >= 15 is 35.1 Å². The zero-order valence-corrected chi connectivity index (χ0v) is 28.0. The van der Waals surface area contributed by atoms with Crippen LogP contribution in [0.25, 0.3) is 0 Å². The first-order valence-corrected chi connectivity index (χ1v) is 15.9. The molecule has 0 atom stereocenters. The van der Waals surface area contributed by atoms with E-state index in [4.69, 9.17) is 5.11 Å². The third-order valence-electron chi connectivity index (χ3n) is 8.50. The fourth-order valence-electron chi connectivity index (χ4n) is 6.08. The average molecular weight is 871 g/mol. The van der Waals surface area contributed by atoms with Gasteiger partial charge in [0.15, 0.2) is 76.4 Å². The molecule has 6 aromatic rings. The van der Waals surface area contributed by atoms with E-state index in [1.807, 2.05) is 28.3 Å². The molecule has 58 heavy (non-hydrogen) atoms. The minimum absolute atomic E-state index is 0.357. The van der Waals surface area contributed by atoms with Crippen molar-refractivity contribution in [2.45, 2.75) is 6.54 Å². The number of rotatable bonds is 6. The highest BCUT2D eigenvalue weighted by Crippen LogP contribution is 2.30. The van der Waals surface area contributed by atoms with Crippen molar-refractivity contribution in [1.29, 1.82) is 0 Å². The highest BCUT2D eigenvalue weighted by atomic mass is 32.1. The summed E-state index contributed by atoms with van der Waals surface area (Å²) < 4.78 is 296. The van der Waals surface area contributed by atoms with Crippen LogP contribution >= 0.6 is 11.3 Å². The summed E-state index contributed by atoms with van der Waals surface area (Å²) in [5.74, 6) is -71.4. The molecule has 0 bridgehead atoms. The van der Waals surface area contributed by atoms with Gasteiger partial charge in [0.25, 0.3) is 0 Å². The second kappa shape index (κ2) is 15.9. The topological polar surface area (TPSA) is 24.1 Å². The zero-order valence-electron chi connectivity index (χ0n) is 27.2. The summed E-state index contributed by atoms with van der Waals surface area (Å²) in [4.78, 5) is 0. The van der Waals surface area contributed by atoms with Crippen molar-refractivity contribution >= 4 is 39.3 Å². The Morgan fingerprint density at radius 3 is 0.845 bits per heavy atom. The van der Waals surface area contributed by atoms with Crippen molar-refractivity contribution in [3.8, 4) is 5.06 Å². The fraction of sp³-hybridized carbons (Fsp3) is 0.0294. The maximum absolute atomic E-state index is 15.4. The van der Waals surface area contributed by atoms with Crippen LogP contribution in [-0.4, -0.2) is 11.3 Å². The summed E-state index contributed by atoms with van der Waals surface area (Å²) in [5, 5.41) is 9.49. The molecule has 24 heteroatoms. The predicted octanol–water partition coefficient (Wildman–Crippen LogP) is 7.64. The van der Waals surface area contributed by atoms with Gasteiger partial charge < -0.3 is 5.11 Å². The Labute approximate surface area is 312 Å². The molecule has 0 amide bonds. The third-order valence-corrected chi connectivity index (χ3v) is 9.22. The standard InChI is InChI=1S/C24BF20.C10H9NOS/c26-5-1(6(27)14(35)21(42)13(5)34)25(2-7(28)15(36)22(43)16(37)8(2)29,3-9(30)17(38)23(44)18(39)10(3)31)4-11(32)19(40)24(45)20(41)12(4)33;12-10-7-11(8-13-10)6-9-4-2-1-3-5-9/h;1-5,7-8H,6H2/q-1;/p+1. The van der Waals surface area contributed by atoms with Crippen molar-refractivity contribution < 1.29 is 97.5 Å². The first-order valence-electron chi connectivity index (χ1n) is 15.0. The average Bonchev–Trinajstić information content (AvgIpc) is 3.62. The SMILES string of the molecule is Fc1c(F)c(F)c([B-](c2c(F)c(F)c(F)c(F)c2F)(c2c(F)c(F)c(F)c(F)c2F)c2c(F)c(F)c(F)c(F)c2F)c(F)c1F.Oc1c[n+](Cc2ccccc2)cs1. The van der Waals surface area contributed by atoms with E-state index < -0.39 is 144 Å². The van der Waals surface area contributed by atoms with E-state index in [-0.39, 0.29) is 0 Å². The smallest absolute Gasteiger partial charge is 0.242 e. The van der Waals surface area contributed by atoms with Crippen molar-refractivity contribution in [3.63, 3.8) is 0 Å². The van der Waals surface area contributed by atoms with Crippen LogP contribution in [0, 0.1) is 116 Å². The van der Waals surface area contributed by atoms with E-state index in [0.29, 0.717) is 5.06 Å². The molecule has 1 N–H and O–H groups in total. The molecule has 306 valence electrons. The summed E-state index contributed by atoms with van der Waals surface area (Å²) >= 11 is 1.34. The Kier molecular flexibility index (Phi) is 11.8. The van der Waals surface area contributed by atoms with Gasteiger partial charge >= 0.3 is 0 Å². The van der Waals surface area contributed by atoms with Gasteiger partial charge in [-0.3, -0.25) is 0 Å². The fourth-order valence-corrected chi connectivity index (χ4v) is 6.65. The molecular formula is C34H10BF20NOS. The maximum atomic E-state index is 15.4. The second-order valence-electron chi connectivity index (χ2n) is 11.6. The van der Waals surface area contributed by atoms with Crippen molar-refractivity contribution in [2.75, 3.05) is 0 Å². The summed E-state index contributed by atoms with van der Waals surface area (Å²) in [5.41, 5.74) is -11.2. The largest absolute Gasteiger partial charge is 0.495 e. The molecule has 5 aromatic carbocycles. The van der Waals surface area contributed by atoms with Gasteiger partial charge in [0, 0.05) is 5.56 Å². The van der Waals surface area contributed by atoms with Crippen molar-refractivity contribution in [1.82, 2.24) is 0 Å². The molecule has 1 heterocycles. The summed E-state index contributed by atoms with van der Waals surface area (Å²) in [6, 6.07) is 10.2. The molecule has 1 aromatic heterocycles. The van der Waals surface area contributed by atoms with Gasteiger partial charge in [-0.25, -0.2) is 87.8 Å². The van der Waals surface area contributed by atoms with E-state index in [1.165, 1.54) is 16.9 Å². The predicted molar refractivity (Wildman–Crippen MR) is 161 cm³/mol. The first-order chi connectivity index (χ1) is 27.0. The van der Waals surface area contributed by atoms with Crippen molar-refractivity contribution in [3.05, 3.63) is 164 Å². The third kappa shape index (κ3) is 6.65. The lowest BCUT2D eigenvalue weighted by Gasteiger charge is -2.44. The number of thiazole rings is 1. The van der Waals surface area contributed by atoms with Gasteiger partial charge in [0.1, 0.15) is 52.7 Å². The molecule has 0 aliphatic rings. The quantitative estimate of drug-likeness (QED) is 0.0602. The summed E-state index contributed by atoms with van der Waals surface area (Å²) in [7, 11) is 0. The molecule has 2 nitrogen and oxygen atoms in total. The molecule has 0 unspecified atom stereocenters. The van der Waals surface area contributed by atoms with Crippen LogP contribution in [0.3, 0.4) is 0 Å². The summed E-state index contributed by atoms with van der Waals surface area (Å²) in [6.45, 7) is 0.817. The molecule has 0 saturated carbocycles. The Balaban J connectivity index is 0.000000414. The molecule has 0 spiro atoms. The van der Waals surface area contributed by atoms with Crippen molar-refractivity contribution in [2.24, 2.45) is 0 Å². The minimum atomic E-state index is -7.22. The highest BCUT2D eigenvalue weighted by Gasteiger charge is 2.52. The van der Waals surface area contributed by atoms with Gasteiger partial charge in [-0.2, -0.15) is 4.57 Å². The van der Waals surface area contributed by atoms with Crippen LogP contribution in [0.2, 0.25) is 0 Å². The molecule has 0 fully saturated rings. The van der Waals surface area contributed by atoms with Crippen LogP contribution < -0.4 is 26.4 Å². The number of aromatic nitrogens is 1. The van der Waals surface area contributed by atoms with Gasteiger partial charge in [-0.05, 0) is 11.3 Å². The van der Waals surface area contributed by atoms with E-state index in [0.717, 1.165) is 6.54 Å². The number of hydrogen-bond donors (Lipinski definition) is 1. The lowest BCUT2D eigenvalue weighted by Crippen LogP contribution is -2.81.